The maximum absolute atomic E-state index is 12.1. The fourth-order valence-electron chi connectivity index (χ4n) is 2.03. The Balaban J connectivity index is 2.09. The van der Waals surface area contributed by atoms with Gasteiger partial charge in [-0.2, -0.15) is 0 Å². The van der Waals surface area contributed by atoms with Crippen LogP contribution >= 0.6 is 0 Å². The molecule has 4 heteroatoms. The summed E-state index contributed by atoms with van der Waals surface area (Å²) in [6, 6.07) is 17.6. The molecule has 1 atom stereocenters. The molecule has 108 valence electrons. The van der Waals surface area contributed by atoms with E-state index in [-0.39, 0.29) is 12.3 Å². The van der Waals surface area contributed by atoms with Crippen molar-refractivity contribution in [3.8, 4) is 0 Å². The number of benzene rings is 2. The van der Waals surface area contributed by atoms with Crippen LogP contribution < -0.4 is 5.32 Å². The zero-order chi connectivity index (χ0) is 15.1. The van der Waals surface area contributed by atoms with Crippen LogP contribution in [0.25, 0.3) is 0 Å². The first-order valence-corrected chi connectivity index (χ1v) is 6.67. The maximum atomic E-state index is 12.1. The van der Waals surface area contributed by atoms with E-state index >= 15 is 0 Å². The van der Waals surface area contributed by atoms with Crippen molar-refractivity contribution in [3.05, 3.63) is 71.8 Å². The van der Waals surface area contributed by atoms with Crippen LogP contribution in [-0.2, 0) is 20.7 Å². The molecule has 0 aliphatic heterocycles. The molecule has 0 heterocycles. The van der Waals surface area contributed by atoms with Crippen LogP contribution in [0, 0.1) is 0 Å². The number of esters is 1. The first-order valence-electron chi connectivity index (χ1n) is 6.67. The second kappa shape index (κ2) is 7.24. The Kier molecular flexibility index (Phi) is 5.10. The highest BCUT2D eigenvalue weighted by Crippen LogP contribution is 2.14. The number of ether oxygens (including phenoxy) is 1. The SMILES string of the molecule is COC(=O)[C@H](NC(=O)Cc1ccccc1)c1ccccc1. The summed E-state index contributed by atoms with van der Waals surface area (Å²) in [7, 11) is 1.31. The van der Waals surface area contributed by atoms with Gasteiger partial charge in [-0.1, -0.05) is 60.7 Å². The molecule has 0 aromatic heterocycles. The smallest absolute Gasteiger partial charge is 0.333 e. The molecule has 0 aliphatic rings. The lowest BCUT2D eigenvalue weighted by Crippen LogP contribution is -2.35. The minimum Gasteiger partial charge on any atom is -0.467 e. The Morgan fingerprint density at radius 2 is 1.57 bits per heavy atom. The molecule has 0 fully saturated rings. The molecule has 1 N–H and O–H groups in total. The van der Waals surface area contributed by atoms with Gasteiger partial charge < -0.3 is 10.1 Å². The zero-order valence-electron chi connectivity index (χ0n) is 11.8. The Bertz CT molecular complexity index is 596. The van der Waals surface area contributed by atoms with Crippen LogP contribution in [0.15, 0.2) is 60.7 Å². The van der Waals surface area contributed by atoms with E-state index in [1.165, 1.54) is 7.11 Å². The average molecular weight is 283 g/mol. The zero-order valence-corrected chi connectivity index (χ0v) is 11.8. The molecule has 2 aromatic carbocycles. The fraction of sp³-hybridized carbons (Fsp3) is 0.176. The molecule has 1 amide bonds. The van der Waals surface area contributed by atoms with Crippen molar-refractivity contribution >= 4 is 11.9 Å². The largest absolute Gasteiger partial charge is 0.467 e. The van der Waals surface area contributed by atoms with E-state index in [1.54, 1.807) is 12.1 Å². The average Bonchev–Trinajstić information content (AvgIpc) is 2.53. The summed E-state index contributed by atoms with van der Waals surface area (Å²) >= 11 is 0. The third-order valence-electron chi connectivity index (χ3n) is 3.08. The Morgan fingerprint density at radius 1 is 1.00 bits per heavy atom. The van der Waals surface area contributed by atoms with Gasteiger partial charge in [-0.05, 0) is 11.1 Å². The second-order valence-corrected chi connectivity index (χ2v) is 4.60. The third kappa shape index (κ3) is 4.18. The molecule has 0 spiro atoms. The minimum absolute atomic E-state index is 0.222. The van der Waals surface area contributed by atoms with Crippen LogP contribution in [0.5, 0.6) is 0 Å². The first kappa shape index (κ1) is 14.8. The van der Waals surface area contributed by atoms with E-state index in [9.17, 15) is 9.59 Å². The second-order valence-electron chi connectivity index (χ2n) is 4.60. The number of amides is 1. The van der Waals surface area contributed by atoms with E-state index in [2.05, 4.69) is 5.32 Å². The van der Waals surface area contributed by atoms with Gasteiger partial charge >= 0.3 is 5.97 Å². The van der Waals surface area contributed by atoms with Crippen LogP contribution in [-0.4, -0.2) is 19.0 Å². The summed E-state index contributed by atoms with van der Waals surface area (Å²) in [5.74, 6) is -0.705. The molecule has 0 unspecified atom stereocenters. The van der Waals surface area contributed by atoms with E-state index < -0.39 is 12.0 Å². The highest BCUT2D eigenvalue weighted by Gasteiger charge is 2.23. The molecule has 0 aliphatic carbocycles. The topological polar surface area (TPSA) is 55.4 Å². The normalized spacial score (nSPS) is 11.5. The van der Waals surface area contributed by atoms with E-state index in [0.29, 0.717) is 5.56 Å². The van der Waals surface area contributed by atoms with Gasteiger partial charge in [0.25, 0.3) is 0 Å². The summed E-state index contributed by atoms with van der Waals surface area (Å²) in [5.41, 5.74) is 1.59. The fourth-order valence-corrected chi connectivity index (χ4v) is 2.03. The Hall–Kier alpha value is -2.62. The Morgan fingerprint density at radius 3 is 2.14 bits per heavy atom. The number of rotatable bonds is 5. The van der Waals surface area contributed by atoms with Crippen LogP contribution in [0.2, 0.25) is 0 Å². The van der Waals surface area contributed by atoms with Crippen molar-refractivity contribution in [3.63, 3.8) is 0 Å². The van der Waals surface area contributed by atoms with Gasteiger partial charge in [-0.25, -0.2) is 4.79 Å². The van der Waals surface area contributed by atoms with Crippen molar-refractivity contribution < 1.29 is 14.3 Å². The summed E-state index contributed by atoms with van der Waals surface area (Å²) in [6.07, 6.45) is 0.223. The van der Waals surface area contributed by atoms with Crippen molar-refractivity contribution in [2.45, 2.75) is 12.5 Å². The van der Waals surface area contributed by atoms with Gasteiger partial charge in [0, 0.05) is 0 Å². The predicted octanol–water partition coefficient (Wildman–Crippen LogP) is 2.26. The molecule has 0 radical (unpaired) electrons. The van der Waals surface area contributed by atoms with Gasteiger partial charge in [0.05, 0.1) is 13.5 Å². The van der Waals surface area contributed by atoms with Crippen molar-refractivity contribution in [1.29, 1.82) is 0 Å². The Labute approximate surface area is 123 Å². The molecule has 0 saturated carbocycles. The van der Waals surface area contributed by atoms with Gasteiger partial charge in [0.1, 0.15) is 0 Å². The van der Waals surface area contributed by atoms with E-state index in [1.807, 2.05) is 48.5 Å². The molecule has 4 nitrogen and oxygen atoms in total. The summed E-state index contributed by atoms with van der Waals surface area (Å²) in [4.78, 5) is 24.0. The van der Waals surface area contributed by atoms with Crippen LogP contribution in [0.4, 0.5) is 0 Å². The molecular formula is C17H17NO3. The lowest BCUT2D eigenvalue weighted by atomic mass is 10.1. The third-order valence-corrected chi connectivity index (χ3v) is 3.08. The van der Waals surface area contributed by atoms with Crippen molar-refractivity contribution in [2.24, 2.45) is 0 Å². The molecule has 21 heavy (non-hydrogen) atoms. The van der Waals surface area contributed by atoms with Gasteiger partial charge in [0.2, 0.25) is 5.91 Å². The molecule has 2 rings (SSSR count). The van der Waals surface area contributed by atoms with Crippen LogP contribution in [0.1, 0.15) is 17.2 Å². The minimum atomic E-state index is -0.785. The van der Waals surface area contributed by atoms with Gasteiger partial charge in [0.15, 0.2) is 6.04 Å². The summed E-state index contributed by atoms with van der Waals surface area (Å²) in [5, 5.41) is 2.72. The molecular weight excluding hydrogens is 266 g/mol. The van der Waals surface area contributed by atoms with E-state index in [4.69, 9.17) is 4.74 Å². The number of nitrogens with one attached hydrogen (secondary N) is 1. The number of hydrogen-bond acceptors (Lipinski definition) is 3. The quantitative estimate of drug-likeness (QED) is 0.856. The molecule has 0 saturated heterocycles. The molecule has 2 aromatic rings. The predicted molar refractivity (Wildman–Crippen MR) is 79.5 cm³/mol. The van der Waals surface area contributed by atoms with E-state index in [0.717, 1.165) is 5.56 Å². The molecule has 0 bridgehead atoms. The number of hydrogen-bond donors (Lipinski definition) is 1. The lowest BCUT2D eigenvalue weighted by molar-refractivity contribution is -0.145. The highest BCUT2D eigenvalue weighted by atomic mass is 16.5. The number of methoxy groups -OCH3 is 1. The highest BCUT2D eigenvalue weighted by molar-refractivity contribution is 5.86. The number of carbonyl (C=O) groups is 2. The van der Waals surface area contributed by atoms with Crippen LogP contribution in [0.3, 0.4) is 0 Å². The van der Waals surface area contributed by atoms with Crippen molar-refractivity contribution in [2.75, 3.05) is 7.11 Å². The maximum Gasteiger partial charge on any atom is 0.333 e. The van der Waals surface area contributed by atoms with Gasteiger partial charge in [-0.15, -0.1) is 0 Å². The number of carbonyl (C=O) groups excluding carboxylic acids is 2. The first-order chi connectivity index (χ1) is 10.2. The van der Waals surface area contributed by atoms with Gasteiger partial charge in [-0.3, -0.25) is 4.79 Å². The lowest BCUT2D eigenvalue weighted by Gasteiger charge is -2.16. The summed E-state index contributed by atoms with van der Waals surface area (Å²) in [6.45, 7) is 0. The summed E-state index contributed by atoms with van der Waals surface area (Å²) < 4.78 is 4.76. The van der Waals surface area contributed by atoms with Crippen molar-refractivity contribution in [1.82, 2.24) is 5.32 Å². The standard InChI is InChI=1S/C17H17NO3/c1-21-17(20)16(14-10-6-3-7-11-14)18-15(19)12-13-8-4-2-5-9-13/h2-11,16H,12H2,1H3,(H,18,19)/t16-/m1/s1. The monoisotopic (exact) mass is 283 g/mol.